The van der Waals surface area contributed by atoms with Crippen LogP contribution in [0, 0.1) is 22.7 Å². The van der Waals surface area contributed by atoms with Crippen molar-refractivity contribution in [3.05, 3.63) is 22.4 Å². The number of thiophene rings is 1. The van der Waals surface area contributed by atoms with E-state index >= 15 is 0 Å². The predicted molar refractivity (Wildman–Crippen MR) is 63.7 cm³/mol. The molecule has 0 aromatic carbocycles. The molecule has 1 nitrogen and oxygen atoms in total. The Morgan fingerprint density at radius 2 is 2.53 bits per heavy atom. The van der Waals surface area contributed by atoms with Crippen molar-refractivity contribution in [1.82, 2.24) is 0 Å². The fourth-order valence-electron chi connectivity index (χ4n) is 2.60. The lowest BCUT2D eigenvalue weighted by atomic mass is 9.81. The molecule has 15 heavy (non-hydrogen) atoms. The molecular formula is C13H17NS. The number of hydrogen-bond acceptors (Lipinski definition) is 2. The van der Waals surface area contributed by atoms with Crippen molar-refractivity contribution in [3.8, 4) is 6.07 Å². The summed E-state index contributed by atoms with van der Waals surface area (Å²) in [6.07, 6.45) is 5.56. The standard InChI is InChI=1S/C13H17NS/c1-11-2-5-13(8-11,10-14)6-3-12-4-7-15-9-12/h4,7,9,11H,2-3,5-6,8H2,1H3. The molecule has 0 saturated heterocycles. The monoisotopic (exact) mass is 219 g/mol. The van der Waals surface area contributed by atoms with Gasteiger partial charge in [-0.3, -0.25) is 0 Å². The van der Waals surface area contributed by atoms with Gasteiger partial charge in [-0.15, -0.1) is 0 Å². The van der Waals surface area contributed by atoms with Crippen molar-refractivity contribution in [1.29, 1.82) is 5.26 Å². The number of hydrogen-bond donors (Lipinski definition) is 0. The number of aryl methyl sites for hydroxylation is 1. The Morgan fingerprint density at radius 3 is 3.07 bits per heavy atom. The summed E-state index contributed by atoms with van der Waals surface area (Å²) in [5.41, 5.74) is 1.38. The second kappa shape index (κ2) is 4.37. The molecule has 1 aromatic rings. The molecule has 80 valence electrons. The number of rotatable bonds is 3. The van der Waals surface area contributed by atoms with Crippen molar-refractivity contribution in [2.75, 3.05) is 0 Å². The molecule has 1 aliphatic carbocycles. The molecule has 1 heterocycles. The van der Waals surface area contributed by atoms with E-state index < -0.39 is 0 Å². The summed E-state index contributed by atoms with van der Waals surface area (Å²) in [5.74, 6) is 0.743. The van der Waals surface area contributed by atoms with Crippen molar-refractivity contribution in [3.63, 3.8) is 0 Å². The van der Waals surface area contributed by atoms with E-state index in [0.717, 1.165) is 31.6 Å². The second-order valence-electron chi connectivity index (χ2n) is 4.87. The van der Waals surface area contributed by atoms with Crippen LogP contribution in [0.1, 0.15) is 38.2 Å². The molecule has 0 N–H and O–H groups in total. The molecule has 2 heteroatoms. The number of nitriles is 1. The lowest BCUT2D eigenvalue weighted by Gasteiger charge is -2.19. The third-order valence-electron chi connectivity index (χ3n) is 3.56. The van der Waals surface area contributed by atoms with E-state index in [4.69, 9.17) is 0 Å². The molecule has 0 amide bonds. The van der Waals surface area contributed by atoms with Crippen molar-refractivity contribution >= 4 is 11.3 Å². The zero-order valence-corrected chi connectivity index (χ0v) is 10.0. The van der Waals surface area contributed by atoms with Crippen LogP contribution in [0.15, 0.2) is 16.8 Å². The molecule has 0 radical (unpaired) electrons. The highest BCUT2D eigenvalue weighted by Gasteiger charge is 2.37. The van der Waals surface area contributed by atoms with Crippen molar-refractivity contribution < 1.29 is 0 Å². The van der Waals surface area contributed by atoms with Crippen LogP contribution in [0.3, 0.4) is 0 Å². The van der Waals surface area contributed by atoms with E-state index in [2.05, 4.69) is 29.8 Å². The van der Waals surface area contributed by atoms with Crippen LogP contribution in [0.5, 0.6) is 0 Å². The fraction of sp³-hybridized carbons (Fsp3) is 0.615. The highest BCUT2D eigenvalue weighted by atomic mass is 32.1. The highest BCUT2D eigenvalue weighted by molar-refractivity contribution is 7.07. The normalized spacial score (nSPS) is 30.3. The molecule has 0 spiro atoms. The maximum absolute atomic E-state index is 9.32. The molecule has 1 saturated carbocycles. The van der Waals surface area contributed by atoms with Gasteiger partial charge in [0.2, 0.25) is 0 Å². The van der Waals surface area contributed by atoms with Gasteiger partial charge in [-0.1, -0.05) is 6.92 Å². The minimum Gasteiger partial charge on any atom is -0.198 e. The van der Waals surface area contributed by atoms with Gasteiger partial charge in [0.1, 0.15) is 0 Å². The van der Waals surface area contributed by atoms with Crippen molar-refractivity contribution in [2.45, 2.75) is 39.0 Å². The lowest BCUT2D eigenvalue weighted by Crippen LogP contribution is -2.15. The van der Waals surface area contributed by atoms with Gasteiger partial charge in [-0.05, 0) is 60.4 Å². The highest BCUT2D eigenvalue weighted by Crippen LogP contribution is 2.44. The molecule has 2 rings (SSSR count). The Bertz CT molecular complexity index is 349. The Morgan fingerprint density at radius 1 is 1.67 bits per heavy atom. The predicted octanol–water partition coefficient (Wildman–Crippen LogP) is 4.01. The molecule has 1 aromatic heterocycles. The molecule has 2 unspecified atom stereocenters. The van der Waals surface area contributed by atoms with Crippen LogP contribution in [-0.4, -0.2) is 0 Å². The third kappa shape index (κ3) is 2.41. The van der Waals surface area contributed by atoms with Gasteiger partial charge < -0.3 is 0 Å². The smallest absolute Gasteiger partial charge is 0.0689 e. The number of nitrogens with zero attached hydrogens (tertiary/aromatic N) is 1. The molecule has 0 bridgehead atoms. The first-order chi connectivity index (χ1) is 7.24. The first-order valence-electron chi connectivity index (χ1n) is 5.66. The summed E-state index contributed by atoms with van der Waals surface area (Å²) in [6.45, 7) is 2.27. The van der Waals surface area contributed by atoms with E-state index in [9.17, 15) is 5.26 Å². The van der Waals surface area contributed by atoms with Gasteiger partial charge in [-0.2, -0.15) is 16.6 Å². The Labute approximate surface area is 95.7 Å². The second-order valence-corrected chi connectivity index (χ2v) is 5.65. The summed E-state index contributed by atoms with van der Waals surface area (Å²) in [6, 6.07) is 4.75. The van der Waals surface area contributed by atoms with Gasteiger partial charge >= 0.3 is 0 Å². The van der Waals surface area contributed by atoms with Crippen molar-refractivity contribution in [2.24, 2.45) is 11.3 Å². The molecule has 0 aliphatic heterocycles. The van der Waals surface area contributed by atoms with Crippen LogP contribution in [0.4, 0.5) is 0 Å². The summed E-state index contributed by atoms with van der Waals surface area (Å²) in [5, 5.41) is 13.6. The minimum absolute atomic E-state index is 0.0125. The van der Waals surface area contributed by atoms with Gasteiger partial charge in [0.25, 0.3) is 0 Å². The summed E-state index contributed by atoms with van der Waals surface area (Å²) in [4.78, 5) is 0. The summed E-state index contributed by atoms with van der Waals surface area (Å²) in [7, 11) is 0. The summed E-state index contributed by atoms with van der Waals surface area (Å²) >= 11 is 1.75. The van der Waals surface area contributed by atoms with Gasteiger partial charge in [0.15, 0.2) is 0 Å². The van der Waals surface area contributed by atoms with E-state index in [-0.39, 0.29) is 5.41 Å². The van der Waals surface area contributed by atoms with Gasteiger partial charge in [-0.25, -0.2) is 0 Å². The zero-order chi connectivity index (χ0) is 10.7. The van der Waals surface area contributed by atoms with Crippen LogP contribution in [0.25, 0.3) is 0 Å². The Kier molecular flexibility index (Phi) is 3.11. The van der Waals surface area contributed by atoms with E-state index in [1.54, 1.807) is 11.3 Å². The van der Waals surface area contributed by atoms with E-state index in [0.29, 0.717) is 0 Å². The Hall–Kier alpha value is -0.810. The van der Waals surface area contributed by atoms with Crippen LogP contribution in [0.2, 0.25) is 0 Å². The largest absolute Gasteiger partial charge is 0.198 e. The molecular weight excluding hydrogens is 202 g/mol. The Balaban J connectivity index is 1.95. The van der Waals surface area contributed by atoms with Gasteiger partial charge in [0, 0.05) is 0 Å². The molecule has 1 fully saturated rings. The lowest BCUT2D eigenvalue weighted by molar-refractivity contribution is 0.363. The molecule has 1 aliphatic rings. The average molecular weight is 219 g/mol. The quantitative estimate of drug-likeness (QED) is 0.753. The van der Waals surface area contributed by atoms with E-state index in [1.807, 2.05) is 0 Å². The topological polar surface area (TPSA) is 23.8 Å². The SMILES string of the molecule is CC1CCC(C#N)(CCc2ccsc2)C1. The first kappa shape index (κ1) is 10.7. The maximum atomic E-state index is 9.32. The first-order valence-corrected chi connectivity index (χ1v) is 6.61. The zero-order valence-electron chi connectivity index (χ0n) is 9.20. The maximum Gasteiger partial charge on any atom is 0.0689 e. The van der Waals surface area contributed by atoms with Crippen LogP contribution >= 0.6 is 11.3 Å². The average Bonchev–Trinajstić information content (AvgIpc) is 2.85. The van der Waals surface area contributed by atoms with Crippen LogP contribution < -0.4 is 0 Å². The third-order valence-corrected chi connectivity index (χ3v) is 4.30. The molecule has 2 atom stereocenters. The van der Waals surface area contributed by atoms with Crippen LogP contribution in [-0.2, 0) is 6.42 Å². The summed E-state index contributed by atoms with van der Waals surface area (Å²) < 4.78 is 0. The minimum atomic E-state index is -0.0125. The van der Waals surface area contributed by atoms with E-state index in [1.165, 1.54) is 12.0 Å². The van der Waals surface area contributed by atoms with Gasteiger partial charge in [0.05, 0.1) is 11.5 Å². The fourth-order valence-corrected chi connectivity index (χ4v) is 3.30.